The molecule has 1 rings (SSSR count). The SMILES string of the molecule is CNC(=O)CN1CCN(CC(=O)O)CCN(CC(=O)O)CCN(CC(=O)O)CC1. The van der Waals surface area contributed by atoms with Gasteiger partial charge >= 0.3 is 17.9 Å². The van der Waals surface area contributed by atoms with Gasteiger partial charge in [-0.15, -0.1) is 0 Å². The van der Waals surface area contributed by atoms with Gasteiger partial charge in [0.1, 0.15) is 0 Å². The van der Waals surface area contributed by atoms with E-state index in [1.54, 1.807) is 14.7 Å². The summed E-state index contributed by atoms with van der Waals surface area (Å²) in [6.45, 7) is 2.60. The molecule has 0 aromatic heterocycles. The number of rotatable bonds is 8. The minimum Gasteiger partial charge on any atom is -0.480 e. The number of carboxylic acids is 3. The number of hydrogen-bond acceptors (Lipinski definition) is 8. The molecule has 1 aliphatic heterocycles. The third-order valence-electron chi connectivity index (χ3n) is 4.65. The molecule has 0 aromatic carbocycles. The van der Waals surface area contributed by atoms with E-state index in [9.17, 15) is 19.2 Å². The highest BCUT2D eigenvalue weighted by molar-refractivity contribution is 5.77. The zero-order chi connectivity index (χ0) is 21.8. The van der Waals surface area contributed by atoms with Crippen LogP contribution in [0.15, 0.2) is 0 Å². The zero-order valence-electron chi connectivity index (χ0n) is 16.7. The maximum atomic E-state index is 11.8. The molecule has 0 unspecified atom stereocenters. The number of amides is 1. The molecule has 166 valence electrons. The summed E-state index contributed by atoms with van der Waals surface area (Å²) in [5.74, 6) is -3.14. The molecule has 0 aliphatic carbocycles. The fourth-order valence-electron chi connectivity index (χ4n) is 3.07. The normalized spacial score (nSPS) is 19.1. The maximum absolute atomic E-state index is 11.8. The summed E-state index contributed by atoms with van der Waals surface area (Å²) in [4.78, 5) is 52.2. The van der Waals surface area contributed by atoms with Gasteiger partial charge in [-0.25, -0.2) is 0 Å². The second-order valence-corrected chi connectivity index (χ2v) is 6.96. The molecular formula is C17H31N5O7. The fourth-order valence-corrected chi connectivity index (χ4v) is 3.07. The average Bonchev–Trinajstić information content (AvgIpc) is 2.62. The van der Waals surface area contributed by atoms with Crippen molar-refractivity contribution in [3.8, 4) is 0 Å². The van der Waals surface area contributed by atoms with E-state index in [4.69, 9.17) is 15.3 Å². The number of nitrogens with one attached hydrogen (secondary N) is 1. The zero-order valence-corrected chi connectivity index (χ0v) is 16.7. The molecule has 0 radical (unpaired) electrons. The van der Waals surface area contributed by atoms with E-state index in [1.807, 2.05) is 4.90 Å². The Bertz CT molecular complexity index is 542. The van der Waals surface area contributed by atoms with Crippen molar-refractivity contribution in [3.05, 3.63) is 0 Å². The van der Waals surface area contributed by atoms with Crippen LogP contribution in [0.25, 0.3) is 0 Å². The molecule has 29 heavy (non-hydrogen) atoms. The van der Waals surface area contributed by atoms with E-state index in [-0.39, 0.29) is 32.1 Å². The number of carbonyl (C=O) groups is 4. The quantitative estimate of drug-likeness (QED) is 0.324. The summed E-state index contributed by atoms with van der Waals surface area (Å²) in [5.41, 5.74) is 0. The van der Waals surface area contributed by atoms with Crippen molar-refractivity contribution in [2.24, 2.45) is 0 Å². The summed E-state index contributed by atoms with van der Waals surface area (Å²) in [6, 6.07) is 0. The van der Waals surface area contributed by atoms with Crippen LogP contribution in [0.2, 0.25) is 0 Å². The largest absolute Gasteiger partial charge is 0.480 e. The molecule has 1 aliphatic rings. The van der Waals surface area contributed by atoms with Gasteiger partial charge in [0.2, 0.25) is 5.91 Å². The van der Waals surface area contributed by atoms with Gasteiger partial charge in [-0.3, -0.25) is 38.8 Å². The highest BCUT2D eigenvalue weighted by Gasteiger charge is 2.20. The van der Waals surface area contributed by atoms with Gasteiger partial charge in [0.25, 0.3) is 0 Å². The molecule has 1 heterocycles. The number of aliphatic carboxylic acids is 3. The summed E-state index contributed by atoms with van der Waals surface area (Å²) >= 11 is 0. The lowest BCUT2D eigenvalue weighted by atomic mass is 10.3. The van der Waals surface area contributed by atoms with Gasteiger partial charge in [0.05, 0.1) is 26.2 Å². The average molecular weight is 417 g/mol. The minimum atomic E-state index is -0.997. The Labute approximate surface area is 169 Å². The Morgan fingerprint density at radius 3 is 1.03 bits per heavy atom. The van der Waals surface area contributed by atoms with Crippen LogP contribution >= 0.6 is 0 Å². The van der Waals surface area contributed by atoms with E-state index >= 15 is 0 Å². The molecule has 0 bridgehead atoms. The van der Waals surface area contributed by atoms with E-state index < -0.39 is 17.9 Å². The van der Waals surface area contributed by atoms with Crippen LogP contribution in [-0.2, 0) is 19.2 Å². The Morgan fingerprint density at radius 2 is 0.828 bits per heavy atom. The number of hydrogen-bond donors (Lipinski definition) is 4. The van der Waals surface area contributed by atoms with Crippen molar-refractivity contribution in [2.45, 2.75) is 0 Å². The van der Waals surface area contributed by atoms with Gasteiger partial charge in [-0.1, -0.05) is 0 Å². The van der Waals surface area contributed by atoms with Crippen molar-refractivity contribution in [1.82, 2.24) is 24.9 Å². The van der Waals surface area contributed by atoms with Gasteiger partial charge in [-0.2, -0.15) is 0 Å². The summed E-state index contributed by atoms with van der Waals surface area (Å²) < 4.78 is 0. The standard InChI is InChI=1S/C17H31N5O7/c1-18-14(23)10-19-2-4-20(11-15(24)25)6-8-22(13-17(28)29)9-7-21(5-3-19)12-16(26)27/h2-13H2,1H3,(H,18,23)(H,24,25)(H,26,27)(H,28,29). The van der Waals surface area contributed by atoms with Gasteiger partial charge < -0.3 is 20.6 Å². The molecular weight excluding hydrogens is 386 g/mol. The first-order chi connectivity index (χ1) is 13.7. The Morgan fingerprint density at radius 1 is 0.586 bits per heavy atom. The molecule has 1 fully saturated rings. The number of carbonyl (C=O) groups excluding carboxylic acids is 1. The lowest BCUT2D eigenvalue weighted by molar-refractivity contribution is -0.140. The predicted octanol–water partition coefficient (Wildman–Crippen LogP) is -2.79. The summed E-state index contributed by atoms with van der Waals surface area (Å²) in [6.07, 6.45) is 0. The van der Waals surface area contributed by atoms with Crippen LogP contribution in [0.4, 0.5) is 0 Å². The molecule has 4 N–H and O–H groups in total. The van der Waals surface area contributed by atoms with Crippen LogP contribution in [0.3, 0.4) is 0 Å². The highest BCUT2D eigenvalue weighted by atomic mass is 16.4. The molecule has 0 spiro atoms. The van der Waals surface area contributed by atoms with E-state index in [1.165, 1.54) is 7.05 Å². The van der Waals surface area contributed by atoms with E-state index in [2.05, 4.69) is 5.32 Å². The molecule has 1 amide bonds. The smallest absolute Gasteiger partial charge is 0.317 e. The number of nitrogens with zero attached hydrogens (tertiary/aromatic N) is 4. The van der Waals surface area contributed by atoms with Crippen LogP contribution < -0.4 is 5.32 Å². The summed E-state index contributed by atoms with van der Waals surface area (Å²) in [5, 5.41) is 30.0. The lowest BCUT2D eigenvalue weighted by Crippen LogP contribution is -2.49. The van der Waals surface area contributed by atoms with Crippen LogP contribution in [0.1, 0.15) is 0 Å². The minimum absolute atomic E-state index is 0.128. The van der Waals surface area contributed by atoms with Crippen molar-refractivity contribution in [1.29, 1.82) is 0 Å². The van der Waals surface area contributed by atoms with E-state index in [0.29, 0.717) is 52.4 Å². The lowest BCUT2D eigenvalue weighted by Gasteiger charge is -2.32. The second-order valence-electron chi connectivity index (χ2n) is 6.96. The van der Waals surface area contributed by atoms with Crippen molar-refractivity contribution in [2.75, 3.05) is 85.6 Å². The first kappa shape index (κ1) is 24.8. The van der Waals surface area contributed by atoms with Gasteiger partial charge in [0, 0.05) is 59.4 Å². The van der Waals surface area contributed by atoms with Crippen molar-refractivity contribution < 1.29 is 34.5 Å². The van der Waals surface area contributed by atoms with Gasteiger partial charge in [0.15, 0.2) is 0 Å². The van der Waals surface area contributed by atoms with E-state index in [0.717, 1.165) is 0 Å². The Balaban J connectivity index is 2.92. The number of carboxylic acid groups (broad SMARTS) is 3. The molecule has 0 saturated carbocycles. The van der Waals surface area contributed by atoms with Crippen molar-refractivity contribution >= 4 is 23.8 Å². The van der Waals surface area contributed by atoms with Crippen LogP contribution in [-0.4, -0.2) is 144 Å². The monoisotopic (exact) mass is 417 g/mol. The molecule has 1 saturated heterocycles. The molecule has 0 atom stereocenters. The topological polar surface area (TPSA) is 154 Å². The van der Waals surface area contributed by atoms with Crippen LogP contribution in [0, 0.1) is 0 Å². The summed E-state index contributed by atoms with van der Waals surface area (Å²) in [7, 11) is 1.53. The third-order valence-corrected chi connectivity index (χ3v) is 4.65. The predicted molar refractivity (Wildman–Crippen MR) is 103 cm³/mol. The molecule has 12 nitrogen and oxygen atoms in total. The fraction of sp³-hybridized carbons (Fsp3) is 0.765. The number of likely N-dealkylation sites (N-methyl/N-ethyl adjacent to an activating group) is 1. The van der Waals surface area contributed by atoms with Gasteiger partial charge in [-0.05, 0) is 0 Å². The Hall–Kier alpha value is -2.28. The Kier molecular flexibility index (Phi) is 11.1. The van der Waals surface area contributed by atoms with Crippen LogP contribution in [0.5, 0.6) is 0 Å². The highest BCUT2D eigenvalue weighted by Crippen LogP contribution is 2.01. The maximum Gasteiger partial charge on any atom is 0.317 e. The third kappa shape index (κ3) is 11.3. The second kappa shape index (κ2) is 13.0. The molecule has 0 aromatic rings. The first-order valence-corrected chi connectivity index (χ1v) is 9.45. The first-order valence-electron chi connectivity index (χ1n) is 9.45. The molecule has 12 heteroatoms. The van der Waals surface area contributed by atoms with Crippen molar-refractivity contribution in [3.63, 3.8) is 0 Å².